The number of hydrogen-bond donors (Lipinski definition) is 1. The van der Waals surface area contributed by atoms with E-state index in [0.717, 1.165) is 39.3 Å². The maximum Gasteiger partial charge on any atom is 0.253 e. The van der Waals surface area contributed by atoms with Crippen LogP contribution < -0.4 is 24.6 Å². The SMILES string of the molecule is COCOc1ccc(-c2ccc3c4c2CN(c2cc(F)ccc2C)CN4C(=O)C(C)(C)N3)c(OC)c1. The highest BCUT2D eigenvalue weighted by molar-refractivity contribution is 6.10. The first kappa shape index (κ1) is 23.9. The van der Waals surface area contributed by atoms with Crippen LogP contribution in [0.25, 0.3) is 11.1 Å². The van der Waals surface area contributed by atoms with Gasteiger partial charge in [-0.1, -0.05) is 12.1 Å². The summed E-state index contributed by atoms with van der Waals surface area (Å²) in [6.07, 6.45) is 0. The minimum absolute atomic E-state index is 0.0394. The lowest BCUT2D eigenvalue weighted by atomic mass is 9.89. The van der Waals surface area contributed by atoms with Crippen LogP contribution in [0.3, 0.4) is 0 Å². The topological polar surface area (TPSA) is 63.3 Å². The number of nitrogens with one attached hydrogen (secondary N) is 1. The van der Waals surface area contributed by atoms with E-state index in [2.05, 4.69) is 10.2 Å². The zero-order valence-electron chi connectivity index (χ0n) is 21.1. The van der Waals surface area contributed by atoms with Gasteiger partial charge in [0.25, 0.3) is 5.91 Å². The number of anilines is 3. The van der Waals surface area contributed by atoms with Gasteiger partial charge in [-0.05, 0) is 62.2 Å². The van der Waals surface area contributed by atoms with E-state index in [1.54, 1.807) is 25.2 Å². The molecule has 0 radical (unpaired) electrons. The lowest BCUT2D eigenvalue weighted by Crippen LogP contribution is -2.58. The molecule has 0 aliphatic carbocycles. The molecule has 0 saturated carbocycles. The number of nitrogens with zero attached hydrogens (tertiary/aromatic N) is 2. The van der Waals surface area contributed by atoms with Crippen molar-refractivity contribution in [3.63, 3.8) is 0 Å². The van der Waals surface area contributed by atoms with Gasteiger partial charge >= 0.3 is 0 Å². The monoisotopic (exact) mass is 491 g/mol. The normalized spacial score (nSPS) is 15.9. The van der Waals surface area contributed by atoms with Crippen LogP contribution >= 0.6 is 0 Å². The second kappa shape index (κ2) is 9.02. The zero-order chi connectivity index (χ0) is 25.6. The van der Waals surface area contributed by atoms with Gasteiger partial charge < -0.3 is 24.4 Å². The van der Waals surface area contributed by atoms with Gasteiger partial charge in [-0.15, -0.1) is 0 Å². The predicted octanol–water partition coefficient (Wildman–Crippen LogP) is 5.31. The van der Waals surface area contributed by atoms with Crippen LogP contribution in [0.5, 0.6) is 11.5 Å². The van der Waals surface area contributed by atoms with Gasteiger partial charge in [-0.3, -0.25) is 9.69 Å². The standard InChI is InChI=1S/C28H30FN3O4/c1-17-6-7-18(29)12-24(17)31-14-22-20(21-9-8-19(36-16-34-4)13-25(21)35-5)10-11-23-26(22)32(15-31)27(33)28(2,3)30-23/h6-13,30H,14-16H2,1-5H3. The van der Waals surface area contributed by atoms with Gasteiger partial charge in [0.1, 0.15) is 22.9 Å². The summed E-state index contributed by atoms with van der Waals surface area (Å²) in [5.74, 6) is 0.917. The fraction of sp³-hybridized carbons (Fsp3) is 0.321. The van der Waals surface area contributed by atoms with Crippen molar-refractivity contribution in [1.29, 1.82) is 0 Å². The summed E-state index contributed by atoms with van der Waals surface area (Å²) in [6.45, 7) is 6.67. The van der Waals surface area contributed by atoms with Crippen molar-refractivity contribution >= 4 is 23.0 Å². The summed E-state index contributed by atoms with van der Waals surface area (Å²) in [7, 11) is 3.18. The van der Waals surface area contributed by atoms with Crippen LogP contribution in [-0.2, 0) is 16.1 Å². The number of rotatable bonds is 6. The first-order valence-electron chi connectivity index (χ1n) is 11.8. The van der Waals surface area contributed by atoms with Gasteiger partial charge in [0.15, 0.2) is 6.79 Å². The molecule has 8 heteroatoms. The third kappa shape index (κ3) is 4.01. The van der Waals surface area contributed by atoms with E-state index in [1.807, 2.05) is 51.1 Å². The van der Waals surface area contributed by atoms with E-state index in [1.165, 1.54) is 12.1 Å². The molecule has 0 spiro atoms. The Morgan fingerprint density at radius 3 is 2.58 bits per heavy atom. The van der Waals surface area contributed by atoms with Crippen LogP contribution in [-0.4, -0.2) is 39.1 Å². The highest BCUT2D eigenvalue weighted by atomic mass is 19.1. The first-order valence-corrected chi connectivity index (χ1v) is 11.8. The van der Waals surface area contributed by atoms with Gasteiger partial charge in [0.05, 0.1) is 25.2 Å². The van der Waals surface area contributed by atoms with Crippen molar-refractivity contribution in [2.45, 2.75) is 32.9 Å². The maximum atomic E-state index is 14.3. The van der Waals surface area contributed by atoms with Gasteiger partial charge in [0, 0.05) is 36.5 Å². The number of halogens is 1. The molecule has 1 N–H and O–H groups in total. The number of ether oxygens (including phenoxy) is 3. The molecule has 2 aliphatic rings. The molecule has 1 amide bonds. The molecule has 7 nitrogen and oxygen atoms in total. The molecule has 0 aromatic heterocycles. The average molecular weight is 492 g/mol. The molecular formula is C28H30FN3O4. The largest absolute Gasteiger partial charge is 0.496 e. The Labute approximate surface area is 210 Å². The molecule has 2 aliphatic heterocycles. The fourth-order valence-corrected chi connectivity index (χ4v) is 5.03. The lowest BCUT2D eigenvalue weighted by molar-refractivity contribution is -0.122. The Kier molecular flexibility index (Phi) is 6.00. The van der Waals surface area contributed by atoms with Crippen molar-refractivity contribution in [2.75, 3.05) is 42.8 Å². The van der Waals surface area contributed by atoms with E-state index in [4.69, 9.17) is 14.2 Å². The van der Waals surface area contributed by atoms with E-state index in [9.17, 15) is 9.18 Å². The van der Waals surface area contributed by atoms with Crippen molar-refractivity contribution in [1.82, 2.24) is 0 Å². The van der Waals surface area contributed by atoms with Crippen molar-refractivity contribution in [3.8, 4) is 22.6 Å². The predicted molar refractivity (Wildman–Crippen MR) is 138 cm³/mol. The van der Waals surface area contributed by atoms with E-state index >= 15 is 0 Å². The summed E-state index contributed by atoms with van der Waals surface area (Å²) in [5, 5.41) is 3.40. The lowest BCUT2D eigenvalue weighted by Gasteiger charge is -2.47. The number of hydrogen-bond acceptors (Lipinski definition) is 6. The molecule has 3 aromatic carbocycles. The number of aryl methyl sites for hydroxylation is 1. The van der Waals surface area contributed by atoms with E-state index < -0.39 is 5.54 Å². The molecule has 0 saturated heterocycles. The fourth-order valence-electron chi connectivity index (χ4n) is 5.03. The Balaban J connectivity index is 1.68. The number of carbonyl (C=O) groups excluding carboxylic acids is 1. The molecule has 36 heavy (non-hydrogen) atoms. The maximum absolute atomic E-state index is 14.3. The molecule has 188 valence electrons. The highest BCUT2D eigenvalue weighted by Gasteiger charge is 2.43. The number of carbonyl (C=O) groups is 1. The number of amides is 1. The quantitative estimate of drug-likeness (QED) is 0.472. The minimum atomic E-state index is -0.774. The van der Waals surface area contributed by atoms with Crippen LogP contribution in [0.1, 0.15) is 25.0 Å². The molecule has 0 atom stereocenters. The summed E-state index contributed by atoms with van der Waals surface area (Å²) in [6, 6.07) is 14.4. The van der Waals surface area contributed by atoms with E-state index in [-0.39, 0.29) is 18.5 Å². The van der Waals surface area contributed by atoms with Crippen LogP contribution in [0.4, 0.5) is 21.5 Å². The Hall–Kier alpha value is -3.78. The van der Waals surface area contributed by atoms with E-state index in [0.29, 0.717) is 24.7 Å². The first-order chi connectivity index (χ1) is 17.2. The molecule has 3 aromatic rings. The summed E-state index contributed by atoms with van der Waals surface area (Å²) < 4.78 is 30.6. The smallest absolute Gasteiger partial charge is 0.253 e. The Morgan fingerprint density at radius 2 is 1.83 bits per heavy atom. The molecule has 0 bridgehead atoms. The summed E-state index contributed by atoms with van der Waals surface area (Å²) >= 11 is 0. The van der Waals surface area contributed by atoms with Gasteiger partial charge in [0.2, 0.25) is 0 Å². The average Bonchev–Trinajstić information content (AvgIpc) is 2.87. The van der Waals surface area contributed by atoms with Crippen molar-refractivity contribution < 1.29 is 23.4 Å². The number of benzene rings is 3. The van der Waals surface area contributed by atoms with Crippen molar-refractivity contribution in [2.24, 2.45) is 0 Å². The summed E-state index contributed by atoms with van der Waals surface area (Å²) in [5.41, 5.74) is 5.44. The second-order valence-electron chi connectivity index (χ2n) is 9.65. The third-order valence-electron chi connectivity index (χ3n) is 6.76. The van der Waals surface area contributed by atoms with Crippen molar-refractivity contribution in [3.05, 3.63) is 65.5 Å². The van der Waals surface area contributed by atoms with Crippen LogP contribution in [0.2, 0.25) is 0 Å². The third-order valence-corrected chi connectivity index (χ3v) is 6.76. The minimum Gasteiger partial charge on any atom is -0.496 e. The molecule has 0 fully saturated rings. The second-order valence-corrected chi connectivity index (χ2v) is 9.65. The van der Waals surface area contributed by atoms with Gasteiger partial charge in [-0.2, -0.15) is 0 Å². The number of methoxy groups -OCH3 is 2. The Morgan fingerprint density at radius 1 is 1.06 bits per heavy atom. The van der Waals surface area contributed by atoms with Crippen LogP contribution in [0, 0.1) is 12.7 Å². The zero-order valence-corrected chi connectivity index (χ0v) is 21.1. The molecule has 5 rings (SSSR count). The Bertz CT molecular complexity index is 1340. The van der Waals surface area contributed by atoms with Gasteiger partial charge in [-0.25, -0.2) is 4.39 Å². The van der Waals surface area contributed by atoms with Crippen LogP contribution in [0.15, 0.2) is 48.5 Å². The molecule has 0 unspecified atom stereocenters. The molecular weight excluding hydrogens is 461 g/mol. The highest BCUT2D eigenvalue weighted by Crippen LogP contribution is 2.48. The molecule has 2 heterocycles. The summed E-state index contributed by atoms with van der Waals surface area (Å²) in [4.78, 5) is 17.4.